The third kappa shape index (κ3) is 5.63. The lowest BCUT2D eigenvalue weighted by molar-refractivity contribution is -0.139. The minimum absolute atomic E-state index is 0.0472. The predicted molar refractivity (Wildman–Crippen MR) is 146 cm³/mol. The summed E-state index contributed by atoms with van der Waals surface area (Å²) in [6.45, 7) is 0.100. The number of amides is 1. The summed E-state index contributed by atoms with van der Waals surface area (Å²) in [5.41, 5.74) is 8.39. The molecule has 0 aliphatic carbocycles. The zero-order chi connectivity index (χ0) is 28.6. The van der Waals surface area contributed by atoms with E-state index in [1.165, 1.54) is 19.1 Å². The van der Waals surface area contributed by atoms with Crippen molar-refractivity contribution in [3.05, 3.63) is 119 Å². The highest BCUT2D eigenvalue weighted by Gasteiger charge is 2.42. The van der Waals surface area contributed by atoms with Gasteiger partial charge in [0.05, 0.1) is 37.4 Å². The van der Waals surface area contributed by atoms with Gasteiger partial charge < -0.3 is 19.9 Å². The normalized spacial score (nSPS) is 14.7. The van der Waals surface area contributed by atoms with Gasteiger partial charge in [0.25, 0.3) is 0 Å². The molecule has 1 aliphatic rings. The van der Waals surface area contributed by atoms with Crippen LogP contribution in [0.3, 0.4) is 0 Å². The van der Waals surface area contributed by atoms with Crippen molar-refractivity contribution in [1.82, 2.24) is 0 Å². The van der Waals surface area contributed by atoms with Crippen molar-refractivity contribution >= 4 is 29.4 Å². The number of esters is 2. The van der Waals surface area contributed by atoms with Crippen LogP contribution in [0.1, 0.15) is 17.0 Å². The minimum atomic E-state index is -0.968. The molecular weight excluding hydrogens is 512 g/mol. The number of nitrogens with two attached hydrogens (primary N) is 1. The molecule has 0 spiro atoms. The lowest BCUT2D eigenvalue weighted by Crippen LogP contribution is -2.40. The summed E-state index contributed by atoms with van der Waals surface area (Å²) in [6.07, 6.45) is -0.658. The van der Waals surface area contributed by atoms with E-state index in [-0.39, 0.29) is 29.3 Å². The van der Waals surface area contributed by atoms with Crippen molar-refractivity contribution in [3.63, 3.8) is 0 Å². The quantitative estimate of drug-likeness (QED) is 0.332. The standard InChI is InChI=1S/C30H26N4O6/c1-38-28(35)25-24(20-11-7-4-8-12-20)23(17-31)27(32)34(26(25)29(36)39-2)22-15-13-21(14-16-22)33-30(37)40-18-19-9-5-3-6-10-19/h3-16,24H,18,32H2,1-2H3,(H,33,37). The number of nitrogens with zero attached hydrogens (tertiary/aromatic N) is 2. The van der Waals surface area contributed by atoms with Crippen LogP contribution in [0.4, 0.5) is 16.2 Å². The number of hydrogen-bond donors (Lipinski definition) is 2. The molecule has 1 unspecified atom stereocenters. The van der Waals surface area contributed by atoms with E-state index in [1.807, 2.05) is 30.3 Å². The molecule has 3 N–H and O–H groups in total. The van der Waals surface area contributed by atoms with Gasteiger partial charge in [0, 0.05) is 11.4 Å². The monoisotopic (exact) mass is 538 g/mol. The average molecular weight is 539 g/mol. The van der Waals surface area contributed by atoms with Gasteiger partial charge in [-0.2, -0.15) is 5.26 Å². The predicted octanol–water partition coefficient (Wildman–Crippen LogP) is 4.33. The molecule has 3 aromatic rings. The first-order valence-electron chi connectivity index (χ1n) is 12.1. The first-order chi connectivity index (χ1) is 19.4. The van der Waals surface area contributed by atoms with Gasteiger partial charge in [0.1, 0.15) is 18.1 Å². The fourth-order valence-corrected chi connectivity index (χ4v) is 4.35. The summed E-state index contributed by atoms with van der Waals surface area (Å²) in [6, 6.07) is 26.3. The van der Waals surface area contributed by atoms with Gasteiger partial charge in [0.2, 0.25) is 0 Å². The second kappa shape index (κ2) is 12.3. The molecular formula is C30H26N4O6. The van der Waals surface area contributed by atoms with Crippen molar-refractivity contribution < 1.29 is 28.6 Å². The van der Waals surface area contributed by atoms with Gasteiger partial charge in [-0.1, -0.05) is 60.7 Å². The molecule has 40 heavy (non-hydrogen) atoms. The second-order valence-electron chi connectivity index (χ2n) is 8.57. The summed E-state index contributed by atoms with van der Waals surface area (Å²) in [4.78, 5) is 39.8. The van der Waals surface area contributed by atoms with Crippen LogP contribution in [0, 0.1) is 11.3 Å². The highest BCUT2D eigenvalue weighted by Crippen LogP contribution is 2.43. The van der Waals surface area contributed by atoms with Crippen molar-refractivity contribution in [3.8, 4) is 6.07 Å². The zero-order valence-electron chi connectivity index (χ0n) is 21.8. The van der Waals surface area contributed by atoms with Gasteiger partial charge in [-0.05, 0) is 35.4 Å². The van der Waals surface area contributed by atoms with E-state index in [4.69, 9.17) is 19.9 Å². The zero-order valence-corrected chi connectivity index (χ0v) is 21.8. The number of hydrogen-bond acceptors (Lipinski definition) is 9. The number of rotatable bonds is 7. The molecule has 0 saturated carbocycles. The van der Waals surface area contributed by atoms with Crippen LogP contribution in [-0.2, 0) is 30.4 Å². The van der Waals surface area contributed by atoms with Crippen molar-refractivity contribution in [2.24, 2.45) is 5.73 Å². The van der Waals surface area contributed by atoms with Gasteiger partial charge in [-0.25, -0.2) is 14.4 Å². The Hall–Kier alpha value is -5.56. The molecule has 1 amide bonds. The second-order valence-corrected chi connectivity index (χ2v) is 8.57. The average Bonchev–Trinajstić information content (AvgIpc) is 3.00. The Morgan fingerprint density at radius 3 is 2.08 bits per heavy atom. The summed E-state index contributed by atoms with van der Waals surface area (Å²) in [7, 11) is 2.36. The van der Waals surface area contributed by atoms with E-state index in [9.17, 15) is 19.6 Å². The summed E-state index contributed by atoms with van der Waals surface area (Å²) >= 11 is 0. The van der Waals surface area contributed by atoms with Gasteiger partial charge in [-0.15, -0.1) is 0 Å². The smallest absolute Gasteiger partial charge is 0.411 e. The van der Waals surface area contributed by atoms with E-state index in [0.717, 1.165) is 5.56 Å². The molecule has 202 valence electrons. The summed E-state index contributed by atoms with van der Waals surface area (Å²) in [5, 5.41) is 12.8. The van der Waals surface area contributed by atoms with E-state index in [2.05, 4.69) is 11.4 Å². The van der Waals surface area contributed by atoms with Crippen LogP contribution in [0.15, 0.2) is 108 Å². The van der Waals surface area contributed by atoms with Crippen molar-refractivity contribution in [1.29, 1.82) is 5.26 Å². The van der Waals surface area contributed by atoms with Crippen LogP contribution in [0.2, 0.25) is 0 Å². The molecule has 10 nitrogen and oxygen atoms in total. The fraction of sp³-hybridized carbons (Fsp3) is 0.133. The topological polar surface area (TPSA) is 144 Å². The number of carbonyl (C=O) groups excluding carboxylic acids is 3. The number of nitriles is 1. The summed E-state index contributed by atoms with van der Waals surface area (Å²) in [5.74, 6) is -2.70. The van der Waals surface area contributed by atoms with Gasteiger partial charge in [0.15, 0.2) is 0 Å². The lowest BCUT2D eigenvalue weighted by atomic mass is 9.81. The van der Waals surface area contributed by atoms with Crippen molar-refractivity contribution in [2.45, 2.75) is 12.5 Å². The van der Waals surface area contributed by atoms with Crippen molar-refractivity contribution in [2.75, 3.05) is 24.4 Å². The van der Waals surface area contributed by atoms with Crippen LogP contribution < -0.4 is 16.0 Å². The maximum atomic E-state index is 13.1. The van der Waals surface area contributed by atoms with Gasteiger partial charge >= 0.3 is 18.0 Å². The number of benzene rings is 3. The Morgan fingerprint density at radius 1 is 0.900 bits per heavy atom. The summed E-state index contributed by atoms with van der Waals surface area (Å²) < 4.78 is 15.3. The molecule has 0 aromatic heterocycles. The molecule has 4 rings (SSSR count). The number of allylic oxidation sites excluding steroid dienone is 1. The highest BCUT2D eigenvalue weighted by molar-refractivity contribution is 6.06. The third-order valence-corrected chi connectivity index (χ3v) is 6.20. The maximum absolute atomic E-state index is 13.1. The SMILES string of the molecule is COC(=O)C1=C(C(=O)OC)N(c2ccc(NC(=O)OCc3ccccc3)cc2)C(N)=C(C#N)C1c1ccccc1. The molecule has 0 bridgehead atoms. The van der Waals surface area contributed by atoms with Crippen LogP contribution in [0.25, 0.3) is 0 Å². The van der Waals surface area contributed by atoms with Gasteiger partial charge in [-0.3, -0.25) is 10.2 Å². The largest absolute Gasteiger partial charge is 0.466 e. The van der Waals surface area contributed by atoms with E-state index >= 15 is 0 Å². The minimum Gasteiger partial charge on any atom is -0.466 e. The Balaban J connectivity index is 1.71. The number of nitrogens with one attached hydrogen (secondary N) is 1. The Labute approximate surface area is 230 Å². The molecule has 0 saturated heterocycles. The van der Waals surface area contributed by atoms with Crippen LogP contribution >= 0.6 is 0 Å². The van der Waals surface area contributed by atoms with Crippen LogP contribution in [-0.4, -0.2) is 32.3 Å². The van der Waals surface area contributed by atoms with E-state index in [1.54, 1.807) is 54.6 Å². The number of anilines is 2. The molecule has 10 heteroatoms. The molecule has 3 aromatic carbocycles. The van der Waals surface area contributed by atoms with Crippen LogP contribution in [0.5, 0.6) is 0 Å². The Kier molecular flexibility index (Phi) is 8.46. The maximum Gasteiger partial charge on any atom is 0.411 e. The molecule has 0 fully saturated rings. The number of methoxy groups -OCH3 is 2. The number of ether oxygens (including phenoxy) is 3. The lowest BCUT2D eigenvalue weighted by Gasteiger charge is -2.35. The van der Waals surface area contributed by atoms with E-state index < -0.39 is 23.9 Å². The first-order valence-corrected chi connectivity index (χ1v) is 12.1. The molecule has 1 atom stereocenters. The third-order valence-electron chi connectivity index (χ3n) is 6.20. The molecule has 1 aliphatic heterocycles. The Morgan fingerprint density at radius 2 is 1.50 bits per heavy atom. The highest BCUT2D eigenvalue weighted by atomic mass is 16.5. The Bertz CT molecular complexity index is 1510. The first kappa shape index (κ1) is 27.5. The number of carbonyl (C=O) groups is 3. The fourth-order valence-electron chi connectivity index (χ4n) is 4.35. The van der Waals surface area contributed by atoms with E-state index in [0.29, 0.717) is 16.9 Å². The molecule has 1 heterocycles. The molecule has 0 radical (unpaired) electrons.